The molecule has 3 heterocycles. The molecule has 0 saturated carbocycles. The lowest BCUT2D eigenvalue weighted by Gasteiger charge is -2.10. The predicted molar refractivity (Wildman–Crippen MR) is 95.0 cm³/mol. The lowest BCUT2D eigenvalue weighted by Crippen LogP contribution is -2.06. The van der Waals surface area contributed by atoms with Crippen LogP contribution >= 0.6 is 11.6 Å². The lowest BCUT2D eigenvalue weighted by molar-refractivity contribution is 0.585. The summed E-state index contributed by atoms with van der Waals surface area (Å²) in [5.41, 5.74) is 7.49. The van der Waals surface area contributed by atoms with E-state index in [-0.39, 0.29) is 17.3 Å². The van der Waals surface area contributed by atoms with Gasteiger partial charge in [0.2, 0.25) is 0 Å². The molecule has 134 valence electrons. The largest absolute Gasteiger partial charge is 0.383 e. The van der Waals surface area contributed by atoms with E-state index in [9.17, 15) is 8.78 Å². The van der Waals surface area contributed by atoms with Gasteiger partial charge in [0.25, 0.3) is 0 Å². The van der Waals surface area contributed by atoms with Crippen LogP contribution < -0.4 is 5.73 Å². The van der Waals surface area contributed by atoms with E-state index in [0.29, 0.717) is 11.1 Å². The van der Waals surface area contributed by atoms with Crippen LogP contribution in [-0.2, 0) is 0 Å². The quantitative estimate of drug-likeness (QED) is 0.544. The second kappa shape index (κ2) is 6.69. The number of anilines is 1. The van der Waals surface area contributed by atoms with Gasteiger partial charge in [0.15, 0.2) is 11.6 Å². The average molecular weight is 386 g/mol. The summed E-state index contributed by atoms with van der Waals surface area (Å²) >= 11 is 5.93. The van der Waals surface area contributed by atoms with E-state index in [1.54, 1.807) is 30.7 Å². The summed E-state index contributed by atoms with van der Waals surface area (Å²) in [6.45, 7) is 0. The molecule has 7 nitrogen and oxygen atoms in total. The Hall–Kier alpha value is -3.46. The number of hydrogen-bond acceptors (Lipinski definition) is 6. The molecule has 0 aliphatic carbocycles. The summed E-state index contributed by atoms with van der Waals surface area (Å²) in [7, 11) is 0. The zero-order valence-electron chi connectivity index (χ0n) is 13.5. The Labute approximate surface area is 156 Å². The molecule has 0 spiro atoms. The number of hydrogen-bond donors (Lipinski definition) is 1. The highest BCUT2D eigenvalue weighted by Crippen LogP contribution is 2.32. The van der Waals surface area contributed by atoms with Crippen molar-refractivity contribution in [2.24, 2.45) is 0 Å². The molecule has 0 atom stereocenters. The maximum atomic E-state index is 14.3. The normalized spacial score (nSPS) is 10.9. The van der Waals surface area contributed by atoms with E-state index >= 15 is 0 Å². The van der Waals surface area contributed by atoms with Crippen molar-refractivity contribution >= 4 is 17.4 Å². The van der Waals surface area contributed by atoms with Gasteiger partial charge in [0.05, 0.1) is 5.56 Å². The predicted octanol–water partition coefficient (Wildman–Crippen LogP) is 3.30. The fourth-order valence-corrected chi connectivity index (χ4v) is 2.80. The maximum Gasteiger partial charge on any atom is 0.191 e. The molecule has 0 saturated heterocycles. The Morgan fingerprint density at radius 3 is 2.63 bits per heavy atom. The minimum absolute atomic E-state index is 0.0668. The first-order chi connectivity index (χ1) is 13.1. The molecule has 0 aliphatic rings. The molecule has 0 bridgehead atoms. The Bertz CT molecular complexity index is 1130. The fraction of sp³-hybridized carbons (Fsp3) is 0. The molecule has 4 rings (SSSR count). The van der Waals surface area contributed by atoms with E-state index in [4.69, 9.17) is 17.3 Å². The van der Waals surface area contributed by atoms with Crippen LogP contribution in [0.15, 0.2) is 48.9 Å². The third-order valence-electron chi connectivity index (χ3n) is 3.86. The molecule has 1 aromatic carbocycles. The van der Waals surface area contributed by atoms with Crippen molar-refractivity contribution in [1.29, 1.82) is 0 Å². The zero-order valence-corrected chi connectivity index (χ0v) is 14.3. The number of nitrogen functional groups attached to an aromatic ring is 1. The Kier molecular flexibility index (Phi) is 4.21. The summed E-state index contributed by atoms with van der Waals surface area (Å²) in [4.78, 5) is 8.21. The number of nitrogens with zero attached hydrogens (tertiary/aromatic N) is 6. The molecule has 0 radical (unpaired) electrons. The van der Waals surface area contributed by atoms with Gasteiger partial charge in [0, 0.05) is 29.7 Å². The molecular weight excluding hydrogens is 376 g/mol. The van der Waals surface area contributed by atoms with Gasteiger partial charge in [-0.15, -0.1) is 5.10 Å². The van der Waals surface area contributed by atoms with E-state index in [1.807, 2.05) is 6.07 Å². The van der Waals surface area contributed by atoms with E-state index in [1.165, 1.54) is 0 Å². The highest BCUT2D eigenvalue weighted by molar-refractivity contribution is 6.32. The third kappa shape index (κ3) is 2.97. The Morgan fingerprint density at radius 1 is 1.04 bits per heavy atom. The van der Waals surface area contributed by atoms with Gasteiger partial charge in [-0.05, 0) is 34.7 Å². The molecule has 4 aromatic rings. The van der Waals surface area contributed by atoms with Crippen molar-refractivity contribution < 1.29 is 8.78 Å². The summed E-state index contributed by atoms with van der Waals surface area (Å²) in [6.07, 6.45) is 4.87. The van der Waals surface area contributed by atoms with Gasteiger partial charge in [-0.1, -0.05) is 17.7 Å². The molecule has 0 amide bonds. The first kappa shape index (κ1) is 17.0. The summed E-state index contributed by atoms with van der Waals surface area (Å²) < 4.78 is 29.1. The van der Waals surface area contributed by atoms with E-state index < -0.39 is 16.7 Å². The molecule has 0 aliphatic heterocycles. The van der Waals surface area contributed by atoms with Crippen molar-refractivity contribution in [1.82, 2.24) is 30.2 Å². The van der Waals surface area contributed by atoms with E-state index in [0.717, 1.165) is 22.4 Å². The average Bonchev–Trinajstić information content (AvgIpc) is 3.15. The van der Waals surface area contributed by atoms with Crippen LogP contribution in [0.25, 0.3) is 28.2 Å². The monoisotopic (exact) mass is 385 g/mol. The molecule has 0 unspecified atom stereocenters. The van der Waals surface area contributed by atoms with Crippen LogP contribution in [0.4, 0.5) is 14.6 Å². The highest BCUT2D eigenvalue weighted by Gasteiger charge is 2.22. The number of halogens is 3. The maximum absolute atomic E-state index is 14.3. The van der Waals surface area contributed by atoms with Crippen molar-refractivity contribution in [2.45, 2.75) is 0 Å². The van der Waals surface area contributed by atoms with Crippen molar-refractivity contribution in [2.75, 3.05) is 5.73 Å². The second-order valence-electron chi connectivity index (χ2n) is 5.50. The minimum atomic E-state index is -0.801. The first-order valence-corrected chi connectivity index (χ1v) is 8.02. The lowest BCUT2D eigenvalue weighted by atomic mass is 10.1. The van der Waals surface area contributed by atoms with Crippen LogP contribution in [0, 0.1) is 11.6 Å². The Balaban J connectivity index is 1.91. The number of rotatable bonds is 3. The minimum Gasteiger partial charge on any atom is -0.383 e. The topological polar surface area (TPSA) is 95.4 Å². The van der Waals surface area contributed by atoms with Gasteiger partial charge >= 0.3 is 0 Å². The molecule has 27 heavy (non-hydrogen) atoms. The summed E-state index contributed by atoms with van der Waals surface area (Å²) in [6, 6.07) is 7.17. The van der Waals surface area contributed by atoms with Crippen LogP contribution in [-0.4, -0.2) is 30.2 Å². The standard InChI is InChI=1S/C17H10ClF2N7/c18-14-12(19)3-4-13(20)15(14)27-17(24-25-26-27)11-6-10(8-23-16(11)21)9-2-1-5-22-7-9/h1-8H,(H2,21,23). The van der Waals surface area contributed by atoms with Crippen LogP contribution in [0.3, 0.4) is 0 Å². The third-order valence-corrected chi connectivity index (χ3v) is 4.21. The van der Waals surface area contributed by atoms with Crippen LogP contribution in [0.1, 0.15) is 0 Å². The van der Waals surface area contributed by atoms with Gasteiger partial charge in [-0.2, -0.15) is 4.68 Å². The molecule has 0 fully saturated rings. The smallest absolute Gasteiger partial charge is 0.191 e. The molecule has 10 heteroatoms. The van der Waals surface area contributed by atoms with Crippen LogP contribution in [0.5, 0.6) is 0 Å². The number of benzene rings is 1. The molecular formula is C17H10ClF2N7. The van der Waals surface area contributed by atoms with Gasteiger partial charge in [0.1, 0.15) is 22.3 Å². The van der Waals surface area contributed by atoms with Crippen LogP contribution in [0.2, 0.25) is 5.02 Å². The van der Waals surface area contributed by atoms with Crippen molar-refractivity contribution in [3.05, 3.63) is 65.6 Å². The SMILES string of the molecule is Nc1ncc(-c2cccnc2)cc1-c1nnnn1-c1c(F)ccc(F)c1Cl. The first-order valence-electron chi connectivity index (χ1n) is 7.65. The highest BCUT2D eigenvalue weighted by atomic mass is 35.5. The number of aromatic nitrogens is 6. The van der Waals surface area contributed by atoms with Gasteiger partial charge in [-0.3, -0.25) is 4.98 Å². The fourth-order valence-electron chi connectivity index (χ4n) is 2.56. The summed E-state index contributed by atoms with van der Waals surface area (Å²) in [5, 5.41) is 10.7. The van der Waals surface area contributed by atoms with E-state index in [2.05, 4.69) is 25.5 Å². The number of pyridine rings is 2. The molecule has 2 N–H and O–H groups in total. The zero-order chi connectivity index (χ0) is 19.0. The van der Waals surface area contributed by atoms with Gasteiger partial charge < -0.3 is 5.73 Å². The molecule has 3 aromatic heterocycles. The summed E-state index contributed by atoms with van der Waals surface area (Å²) in [5.74, 6) is -1.40. The van der Waals surface area contributed by atoms with Gasteiger partial charge in [-0.25, -0.2) is 13.8 Å². The number of tetrazole rings is 1. The second-order valence-corrected chi connectivity index (χ2v) is 5.88. The van der Waals surface area contributed by atoms with Crippen molar-refractivity contribution in [3.8, 4) is 28.2 Å². The number of nitrogens with two attached hydrogens (primary N) is 1. The van der Waals surface area contributed by atoms with Crippen molar-refractivity contribution in [3.63, 3.8) is 0 Å². The Morgan fingerprint density at radius 2 is 1.85 bits per heavy atom.